The predicted octanol–water partition coefficient (Wildman–Crippen LogP) is 1.97. The number of nitrogens with zero attached hydrogens (tertiary/aromatic N) is 4. The molecule has 17 heavy (non-hydrogen) atoms. The molecule has 84 valence electrons. The molecule has 3 heterocycles. The van der Waals surface area contributed by atoms with E-state index in [-0.39, 0.29) is 0 Å². The fraction of sp³-hybridized carbons (Fsp3) is 0. The molecule has 3 rings (SSSR count). The maximum atomic E-state index is 5.93. The normalized spacial score (nSPS) is 10.6. The van der Waals surface area contributed by atoms with Crippen molar-refractivity contribution in [2.75, 3.05) is 5.73 Å². The van der Waals surface area contributed by atoms with Crippen molar-refractivity contribution in [3.05, 3.63) is 42.2 Å². The molecule has 0 fully saturated rings. The highest BCUT2D eigenvalue weighted by atomic mass is 32.1. The van der Waals surface area contributed by atoms with Gasteiger partial charge in [0.05, 0.1) is 11.9 Å². The first-order valence-electron chi connectivity index (χ1n) is 5.01. The van der Waals surface area contributed by atoms with E-state index in [1.54, 1.807) is 23.3 Å². The van der Waals surface area contributed by atoms with E-state index in [4.69, 9.17) is 5.73 Å². The van der Waals surface area contributed by atoms with Crippen molar-refractivity contribution in [1.82, 2.24) is 19.7 Å². The third kappa shape index (κ3) is 1.78. The fourth-order valence-electron chi connectivity index (χ4n) is 1.50. The minimum absolute atomic E-state index is 0.602. The zero-order valence-corrected chi connectivity index (χ0v) is 9.63. The van der Waals surface area contributed by atoms with Crippen LogP contribution in [0, 0.1) is 0 Å². The lowest BCUT2D eigenvalue weighted by Crippen LogP contribution is -1.96. The number of nitrogen functional groups attached to an aromatic ring is 1. The van der Waals surface area contributed by atoms with Crippen LogP contribution in [-0.2, 0) is 0 Å². The fourth-order valence-corrected chi connectivity index (χ4v) is 2.14. The largest absolute Gasteiger partial charge is 0.396 e. The molecule has 2 N–H and O–H groups in total. The number of rotatable bonds is 2. The smallest absolute Gasteiger partial charge is 0.153 e. The second-order valence-corrected chi connectivity index (χ2v) is 4.30. The maximum absolute atomic E-state index is 5.93. The van der Waals surface area contributed by atoms with Crippen molar-refractivity contribution in [3.63, 3.8) is 0 Å². The van der Waals surface area contributed by atoms with Crippen molar-refractivity contribution in [3.8, 4) is 16.5 Å². The number of hydrogen-bond acceptors (Lipinski definition) is 5. The van der Waals surface area contributed by atoms with Crippen LogP contribution in [0.15, 0.2) is 42.2 Å². The number of hydrogen-bond donors (Lipinski definition) is 1. The lowest BCUT2D eigenvalue weighted by molar-refractivity contribution is 0.850. The van der Waals surface area contributed by atoms with Gasteiger partial charge in [0.15, 0.2) is 5.82 Å². The lowest BCUT2D eigenvalue weighted by atomic mass is 10.4. The third-order valence-electron chi connectivity index (χ3n) is 2.26. The molecule has 0 aliphatic rings. The third-order valence-corrected chi connectivity index (χ3v) is 3.04. The van der Waals surface area contributed by atoms with Gasteiger partial charge in [-0.05, 0) is 12.1 Å². The summed E-state index contributed by atoms with van der Waals surface area (Å²) in [5.41, 5.74) is 7.23. The quantitative estimate of drug-likeness (QED) is 0.747. The van der Waals surface area contributed by atoms with Gasteiger partial charge in [-0.2, -0.15) is 5.10 Å². The van der Waals surface area contributed by atoms with Gasteiger partial charge in [0.25, 0.3) is 0 Å². The Morgan fingerprint density at radius 3 is 2.82 bits per heavy atom. The van der Waals surface area contributed by atoms with E-state index in [0.717, 1.165) is 10.8 Å². The van der Waals surface area contributed by atoms with Crippen molar-refractivity contribution < 1.29 is 0 Å². The van der Waals surface area contributed by atoms with Crippen molar-refractivity contribution in [2.24, 2.45) is 0 Å². The van der Waals surface area contributed by atoms with Crippen LogP contribution in [-0.4, -0.2) is 19.7 Å². The number of nitrogens with two attached hydrogens (primary N) is 1. The summed E-state index contributed by atoms with van der Waals surface area (Å²) in [5, 5.41) is 7.11. The van der Waals surface area contributed by atoms with Gasteiger partial charge in [0.1, 0.15) is 10.7 Å². The lowest BCUT2D eigenvalue weighted by Gasteiger charge is -1.97. The van der Waals surface area contributed by atoms with Crippen LogP contribution >= 0.6 is 11.3 Å². The summed E-state index contributed by atoms with van der Waals surface area (Å²) < 4.78 is 1.66. The van der Waals surface area contributed by atoms with Gasteiger partial charge in [-0.25, -0.2) is 14.6 Å². The molecular weight excluding hydrogens is 234 g/mol. The van der Waals surface area contributed by atoms with E-state index in [1.165, 1.54) is 11.3 Å². The second-order valence-electron chi connectivity index (χ2n) is 3.40. The Balaban J connectivity index is 2.08. The molecule has 0 saturated carbocycles. The molecule has 3 aromatic rings. The number of aromatic nitrogens is 4. The Labute approximate surface area is 102 Å². The van der Waals surface area contributed by atoms with E-state index >= 15 is 0 Å². The Kier molecular flexibility index (Phi) is 2.34. The second kappa shape index (κ2) is 3.99. The van der Waals surface area contributed by atoms with Crippen LogP contribution in [0.5, 0.6) is 0 Å². The Bertz CT molecular complexity index is 615. The number of pyridine rings is 1. The highest BCUT2D eigenvalue weighted by Crippen LogP contribution is 2.26. The Morgan fingerprint density at radius 1 is 1.18 bits per heavy atom. The number of anilines is 1. The minimum Gasteiger partial charge on any atom is -0.396 e. The molecule has 0 aliphatic heterocycles. The van der Waals surface area contributed by atoms with Gasteiger partial charge in [-0.3, -0.25) is 0 Å². The molecule has 6 heteroatoms. The zero-order chi connectivity index (χ0) is 11.7. The number of thiazole rings is 1. The topological polar surface area (TPSA) is 69.6 Å². The predicted molar refractivity (Wildman–Crippen MR) is 66.9 cm³/mol. The molecule has 0 atom stereocenters. The molecule has 0 aromatic carbocycles. The zero-order valence-electron chi connectivity index (χ0n) is 8.82. The minimum atomic E-state index is 0.602. The summed E-state index contributed by atoms with van der Waals surface area (Å²) in [4.78, 5) is 8.41. The van der Waals surface area contributed by atoms with Crippen LogP contribution in [0.4, 0.5) is 5.69 Å². The van der Waals surface area contributed by atoms with Crippen LogP contribution in [0.1, 0.15) is 0 Å². The van der Waals surface area contributed by atoms with Crippen LogP contribution in [0.3, 0.4) is 0 Å². The van der Waals surface area contributed by atoms with E-state index in [2.05, 4.69) is 15.1 Å². The molecule has 0 unspecified atom stereocenters. The van der Waals surface area contributed by atoms with Gasteiger partial charge in [-0.15, -0.1) is 11.3 Å². The first-order valence-corrected chi connectivity index (χ1v) is 5.89. The molecule has 0 spiro atoms. The van der Waals surface area contributed by atoms with Crippen molar-refractivity contribution >= 4 is 17.0 Å². The van der Waals surface area contributed by atoms with Crippen LogP contribution < -0.4 is 5.73 Å². The summed E-state index contributed by atoms with van der Waals surface area (Å²) in [6, 6.07) is 5.64. The molecule has 0 bridgehead atoms. The van der Waals surface area contributed by atoms with Gasteiger partial charge >= 0.3 is 0 Å². The van der Waals surface area contributed by atoms with Gasteiger partial charge in [-0.1, -0.05) is 6.07 Å². The van der Waals surface area contributed by atoms with Crippen molar-refractivity contribution in [2.45, 2.75) is 0 Å². The van der Waals surface area contributed by atoms with Gasteiger partial charge in [0.2, 0.25) is 0 Å². The van der Waals surface area contributed by atoms with E-state index in [9.17, 15) is 0 Å². The molecule has 0 aliphatic carbocycles. The van der Waals surface area contributed by atoms with Gasteiger partial charge < -0.3 is 5.73 Å². The summed E-state index contributed by atoms with van der Waals surface area (Å²) in [5.74, 6) is 0.738. The molecule has 0 amide bonds. The molecule has 0 radical (unpaired) electrons. The highest BCUT2D eigenvalue weighted by Gasteiger charge is 2.11. The summed E-state index contributed by atoms with van der Waals surface area (Å²) in [6.45, 7) is 0. The molecular formula is C11H9N5S. The monoisotopic (exact) mass is 243 g/mol. The maximum Gasteiger partial charge on any atom is 0.153 e. The summed E-state index contributed by atoms with van der Waals surface area (Å²) >= 11 is 1.51. The Hall–Kier alpha value is -2.21. The Morgan fingerprint density at radius 2 is 2.12 bits per heavy atom. The van der Waals surface area contributed by atoms with E-state index in [1.807, 2.05) is 23.6 Å². The van der Waals surface area contributed by atoms with Crippen LogP contribution in [0.25, 0.3) is 16.5 Å². The molecule has 3 aromatic heterocycles. The summed E-state index contributed by atoms with van der Waals surface area (Å²) in [7, 11) is 0. The molecule has 0 saturated heterocycles. The molecule has 5 nitrogen and oxygen atoms in total. The standard InChI is InChI=1S/C11H9N5S/c12-8-7-16(9-3-1-2-4-13-9)15-10(8)11-14-5-6-17-11/h1-7H,12H2. The SMILES string of the molecule is Nc1cn(-c2ccccn2)nc1-c1nccs1. The van der Waals surface area contributed by atoms with E-state index in [0.29, 0.717) is 11.4 Å². The van der Waals surface area contributed by atoms with Gasteiger partial charge in [0, 0.05) is 17.8 Å². The first kappa shape index (κ1) is 9.98. The average Bonchev–Trinajstić information content (AvgIpc) is 2.99. The van der Waals surface area contributed by atoms with Crippen LogP contribution in [0.2, 0.25) is 0 Å². The summed E-state index contributed by atoms with van der Waals surface area (Å²) in [6.07, 6.45) is 5.20. The average molecular weight is 243 g/mol. The first-order chi connectivity index (χ1) is 8.34. The highest BCUT2D eigenvalue weighted by molar-refractivity contribution is 7.13. The van der Waals surface area contributed by atoms with E-state index < -0.39 is 0 Å². The van der Waals surface area contributed by atoms with Crippen molar-refractivity contribution in [1.29, 1.82) is 0 Å².